The molecular weight excluding hydrogens is 382 g/mol. The van der Waals surface area contributed by atoms with Gasteiger partial charge in [0.05, 0.1) is 13.8 Å². The van der Waals surface area contributed by atoms with E-state index in [1.807, 2.05) is 6.20 Å². The molecule has 2 nitrogen and oxygen atoms in total. The van der Waals surface area contributed by atoms with Crippen LogP contribution in [0.4, 0.5) is 0 Å². The third-order valence-electron chi connectivity index (χ3n) is 6.06. The van der Waals surface area contributed by atoms with Gasteiger partial charge in [0, 0.05) is 22.5 Å². The Kier molecular flexibility index (Phi) is 4.33. The van der Waals surface area contributed by atoms with Crippen molar-refractivity contribution < 1.29 is 4.42 Å². The minimum absolute atomic E-state index is 0.481. The van der Waals surface area contributed by atoms with E-state index in [0.29, 0.717) is 5.92 Å². The highest BCUT2D eigenvalue weighted by Gasteiger charge is 2.18. The smallest absolute Gasteiger partial charge is 0.136 e. The number of furan rings is 1. The number of rotatable bonds is 3. The van der Waals surface area contributed by atoms with Crippen LogP contribution in [0.1, 0.15) is 25.3 Å². The van der Waals surface area contributed by atoms with Crippen molar-refractivity contribution in [2.24, 2.45) is 0 Å². The van der Waals surface area contributed by atoms with Crippen LogP contribution in [0.5, 0.6) is 0 Å². The van der Waals surface area contributed by atoms with E-state index in [9.17, 15) is 0 Å². The van der Waals surface area contributed by atoms with E-state index in [1.165, 1.54) is 26.9 Å². The zero-order chi connectivity index (χ0) is 21.0. The molecule has 0 fully saturated rings. The highest BCUT2D eigenvalue weighted by Crippen LogP contribution is 2.36. The summed E-state index contributed by atoms with van der Waals surface area (Å²) < 4.78 is 6.20. The molecule has 0 amide bonds. The molecule has 5 rings (SSSR count). The molecule has 0 radical (unpaired) electrons. The van der Waals surface area contributed by atoms with Crippen LogP contribution in [0.2, 0.25) is 19.6 Å². The summed E-state index contributed by atoms with van der Waals surface area (Å²) in [5.74, 6) is 0.481. The molecule has 0 aliphatic heterocycles. The van der Waals surface area contributed by atoms with E-state index < -0.39 is 8.07 Å². The van der Waals surface area contributed by atoms with E-state index in [0.717, 1.165) is 27.8 Å². The molecule has 0 N–H and O–H groups in total. The molecule has 30 heavy (non-hydrogen) atoms. The average Bonchev–Trinajstić information content (AvgIpc) is 3.11. The van der Waals surface area contributed by atoms with Crippen molar-refractivity contribution >= 4 is 46.0 Å². The second-order valence-corrected chi connectivity index (χ2v) is 14.6. The fourth-order valence-corrected chi connectivity index (χ4v) is 5.37. The Morgan fingerprint density at radius 3 is 2.37 bits per heavy atom. The summed E-state index contributed by atoms with van der Waals surface area (Å²) in [6, 6.07) is 22.0. The molecule has 0 saturated heterocycles. The highest BCUT2D eigenvalue weighted by atomic mass is 28.3. The lowest BCUT2D eigenvalue weighted by Crippen LogP contribution is -2.37. The van der Waals surface area contributed by atoms with Crippen molar-refractivity contribution in [1.29, 1.82) is 0 Å². The van der Waals surface area contributed by atoms with E-state index in [2.05, 4.69) is 99.1 Å². The summed E-state index contributed by atoms with van der Waals surface area (Å²) in [5, 5.41) is 6.39. The maximum atomic E-state index is 6.20. The van der Waals surface area contributed by atoms with Crippen molar-refractivity contribution in [1.82, 2.24) is 4.98 Å². The Bertz CT molecular complexity index is 1410. The van der Waals surface area contributed by atoms with Gasteiger partial charge in [-0.1, -0.05) is 62.9 Å². The second-order valence-electron chi connectivity index (χ2n) is 9.57. The summed E-state index contributed by atoms with van der Waals surface area (Å²) in [4.78, 5) is 4.64. The Labute approximate surface area is 178 Å². The minimum atomic E-state index is -1.36. The van der Waals surface area contributed by atoms with Gasteiger partial charge in [0.15, 0.2) is 0 Å². The first-order valence-corrected chi connectivity index (χ1v) is 14.2. The number of hydrogen-bond donors (Lipinski definition) is 0. The van der Waals surface area contributed by atoms with Crippen LogP contribution >= 0.6 is 0 Å². The van der Waals surface area contributed by atoms with Gasteiger partial charge >= 0.3 is 0 Å². The lowest BCUT2D eigenvalue weighted by atomic mass is 9.99. The molecular formula is C27H27NOSi. The van der Waals surface area contributed by atoms with Crippen molar-refractivity contribution in [3.63, 3.8) is 0 Å². The number of nitrogens with zero attached hydrogens (tertiary/aromatic N) is 1. The van der Waals surface area contributed by atoms with Gasteiger partial charge in [-0.05, 0) is 58.7 Å². The van der Waals surface area contributed by atoms with Gasteiger partial charge in [0.1, 0.15) is 11.2 Å². The highest BCUT2D eigenvalue weighted by molar-refractivity contribution is 6.88. The van der Waals surface area contributed by atoms with E-state index in [-0.39, 0.29) is 0 Å². The largest absolute Gasteiger partial charge is 0.456 e. The first kappa shape index (κ1) is 19.1. The minimum Gasteiger partial charge on any atom is -0.456 e. The summed E-state index contributed by atoms with van der Waals surface area (Å²) in [6.45, 7) is 11.6. The van der Waals surface area contributed by atoms with Crippen LogP contribution in [-0.4, -0.2) is 13.1 Å². The molecule has 0 saturated carbocycles. The van der Waals surface area contributed by atoms with Crippen LogP contribution in [0, 0.1) is 0 Å². The number of benzene rings is 3. The maximum Gasteiger partial charge on any atom is 0.136 e. The zero-order valence-electron chi connectivity index (χ0n) is 18.3. The van der Waals surface area contributed by atoms with Gasteiger partial charge in [0.25, 0.3) is 0 Å². The van der Waals surface area contributed by atoms with E-state index in [4.69, 9.17) is 4.42 Å². The molecule has 0 atom stereocenters. The predicted octanol–water partition coefficient (Wildman–Crippen LogP) is 7.47. The van der Waals surface area contributed by atoms with E-state index in [1.54, 1.807) is 0 Å². The molecule has 2 aromatic heterocycles. The number of aromatic nitrogens is 1. The quantitative estimate of drug-likeness (QED) is 0.289. The molecule has 5 aromatic rings. The Morgan fingerprint density at radius 1 is 0.800 bits per heavy atom. The molecule has 0 unspecified atom stereocenters. The third-order valence-corrected chi connectivity index (χ3v) is 8.11. The molecule has 0 aliphatic carbocycles. The molecule has 2 heterocycles. The molecule has 0 aliphatic rings. The summed E-state index contributed by atoms with van der Waals surface area (Å²) in [5.41, 5.74) is 5.32. The average molecular weight is 410 g/mol. The maximum absolute atomic E-state index is 6.20. The standard InChI is InChI=1S/C27H27NOSi/c1-17(2)18-12-13-28-24(16-18)20-7-10-25-23(15-20)27-22-9-8-21(30(3,4)5)14-19(22)6-11-26(27)29-25/h6-17H,1-5H3. The predicted molar refractivity (Wildman–Crippen MR) is 132 cm³/mol. The van der Waals surface area contributed by atoms with Crippen LogP contribution in [0.15, 0.2) is 71.3 Å². The van der Waals surface area contributed by atoms with Crippen molar-refractivity contribution in [3.05, 3.63) is 72.4 Å². The number of pyridine rings is 1. The number of fused-ring (bicyclic) bond motifs is 5. The molecule has 0 spiro atoms. The SMILES string of the molecule is CC(C)c1ccnc(-c2ccc3oc4ccc5cc([Si](C)(C)C)ccc5c4c3c2)c1. The Hall–Kier alpha value is -2.91. The zero-order valence-corrected chi connectivity index (χ0v) is 19.3. The van der Waals surface area contributed by atoms with Crippen LogP contribution in [-0.2, 0) is 0 Å². The lowest BCUT2D eigenvalue weighted by Gasteiger charge is -2.17. The monoisotopic (exact) mass is 409 g/mol. The van der Waals surface area contributed by atoms with E-state index >= 15 is 0 Å². The van der Waals surface area contributed by atoms with Crippen molar-refractivity contribution in [2.75, 3.05) is 0 Å². The fourth-order valence-electron chi connectivity index (χ4n) is 4.20. The van der Waals surface area contributed by atoms with Crippen LogP contribution < -0.4 is 5.19 Å². The van der Waals surface area contributed by atoms with Crippen LogP contribution in [0.25, 0.3) is 44.0 Å². The topological polar surface area (TPSA) is 26.0 Å². The van der Waals surface area contributed by atoms with Gasteiger partial charge in [-0.3, -0.25) is 4.98 Å². The fraction of sp³-hybridized carbons (Fsp3) is 0.222. The Balaban J connectivity index is 1.75. The first-order chi connectivity index (χ1) is 14.3. The molecule has 3 heteroatoms. The van der Waals surface area contributed by atoms with Gasteiger partial charge in [-0.15, -0.1) is 0 Å². The lowest BCUT2D eigenvalue weighted by molar-refractivity contribution is 0.669. The molecule has 0 bridgehead atoms. The van der Waals surface area contributed by atoms with Crippen LogP contribution in [0.3, 0.4) is 0 Å². The summed E-state index contributed by atoms with van der Waals surface area (Å²) >= 11 is 0. The van der Waals surface area contributed by atoms with Gasteiger partial charge in [-0.25, -0.2) is 0 Å². The molecule has 150 valence electrons. The molecule has 3 aromatic carbocycles. The van der Waals surface area contributed by atoms with Gasteiger partial charge in [-0.2, -0.15) is 0 Å². The van der Waals surface area contributed by atoms with Gasteiger partial charge in [0.2, 0.25) is 0 Å². The first-order valence-electron chi connectivity index (χ1n) is 10.7. The normalized spacial score (nSPS) is 12.5. The number of hydrogen-bond acceptors (Lipinski definition) is 2. The Morgan fingerprint density at radius 2 is 1.60 bits per heavy atom. The third kappa shape index (κ3) is 3.14. The summed E-state index contributed by atoms with van der Waals surface area (Å²) in [6.07, 6.45) is 1.91. The summed E-state index contributed by atoms with van der Waals surface area (Å²) in [7, 11) is -1.36. The van der Waals surface area contributed by atoms with Gasteiger partial charge < -0.3 is 4.42 Å². The van der Waals surface area contributed by atoms with Crippen molar-refractivity contribution in [2.45, 2.75) is 39.4 Å². The van der Waals surface area contributed by atoms with Crippen molar-refractivity contribution in [3.8, 4) is 11.3 Å². The second kappa shape index (κ2) is 6.81.